The first kappa shape index (κ1) is 25.5. The summed E-state index contributed by atoms with van der Waals surface area (Å²) in [6.45, 7) is 11.1. The van der Waals surface area contributed by atoms with Gasteiger partial charge in [-0.1, -0.05) is 73.3 Å². The highest BCUT2D eigenvalue weighted by atomic mass is 16.5. The fourth-order valence-corrected chi connectivity index (χ4v) is 4.90. The summed E-state index contributed by atoms with van der Waals surface area (Å²) in [6.07, 6.45) is 4.52. The maximum absolute atomic E-state index is 12.4. The second-order valence-corrected chi connectivity index (χ2v) is 9.36. The first-order valence-electron chi connectivity index (χ1n) is 12.5. The van der Waals surface area contributed by atoms with Crippen LogP contribution in [0.25, 0.3) is 10.8 Å². The zero-order valence-corrected chi connectivity index (χ0v) is 21.6. The summed E-state index contributed by atoms with van der Waals surface area (Å²) in [5, 5.41) is 6.20. The number of allylic oxidation sites excluding steroid dienone is 3. The third-order valence-electron chi connectivity index (χ3n) is 7.07. The van der Waals surface area contributed by atoms with Gasteiger partial charge in [0.05, 0.1) is 12.7 Å². The number of methoxy groups -OCH3 is 1. The Bertz CT molecular complexity index is 1310. The summed E-state index contributed by atoms with van der Waals surface area (Å²) in [7, 11) is 1.41. The van der Waals surface area contributed by atoms with Crippen LogP contribution in [0.4, 0.5) is 0 Å². The first-order valence-corrected chi connectivity index (χ1v) is 12.5. The van der Waals surface area contributed by atoms with Crippen molar-refractivity contribution in [3.63, 3.8) is 0 Å². The van der Waals surface area contributed by atoms with Crippen LogP contribution in [0.1, 0.15) is 50.3 Å². The second kappa shape index (κ2) is 11.4. The molecule has 3 atom stereocenters. The van der Waals surface area contributed by atoms with Crippen LogP contribution in [-0.4, -0.2) is 25.7 Å². The summed E-state index contributed by atoms with van der Waals surface area (Å²) in [5.41, 5.74) is 4.65. The van der Waals surface area contributed by atoms with E-state index < -0.39 is 0 Å². The SMILES string of the molecule is C=C(/C=C(C(=O)OC)\C(C)=C/C)[C@@H]1C[C@@H](CN[C@H](C)c2cccc3ccccc23)Oc2ccccc21. The maximum Gasteiger partial charge on any atom is 0.338 e. The van der Waals surface area contributed by atoms with Gasteiger partial charge in [-0.25, -0.2) is 4.79 Å². The standard InChI is InChI=1S/C32H35NO3/c1-6-21(2)30(32(34)35-5)18-22(3)29-19-25(36-31-17-10-9-15-28(29)31)20-33-23(4)26-16-11-13-24-12-7-8-14-27(24)26/h6-18,23,25,29,33H,3,19-20H2,1-2,4-5H3/b21-6-,30-18+/t23-,25+,29+/m1/s1. The Labute approximate surface area is 214 Å². The van der Waals surface area contributed by atoms with Gasteiger partial charge in [0.25, 0.3) is 0 Å². The molecule has 1 heterocycles. The zero-order chi connectivity index (χ0) is 25.7. The quantitative estimate of drug-likeness (QED) is 0.213. The third kappa shape index (κ3) is 5.44. The molecule has 3 aromatic carbocycles. The van der Waals surface area contributed by atoms with Gasteiger partial charge < -0.3 is 14.8 Å². The number of hydrogen-bond donors (Lipinski definition) is 1. The topological polar surface area (TPSA) is 47.6 Å². The van der Waals surface area contributed by atoms with Crippen LogP contribution in [0.5, 0.6) is 5.75 Å². The third-order valence-corrected chi connectivity index (χ3v) is 7.07. The molecule has 0 aliphatic carbocycles. The zero-order valence-electron chi connectivity index (χ0n) is 21.6. The van der Waals surface area contributed by atoms with Gasteiger partial charge in [0.15, 0.2) is 0 Å². The molecule has 0 radical (unpaired) electrons. The van der Waals surface area contributed by atoms with Crippen LogP contribution < -0.4 is 10.1 Å². The molecule has 0 saturated heterocycles. The number of carbonyl (C=O) groups is 1. The number of fused-ring (bicyclic) bond motifs is 2. The van der Waals surface area contributed by atoms with Gasteiger partial charge in [0.2, 0.25) is 0 Å². The maximum atomic E-state index is 12.4. The van der Waals surface area contributed by atoms with Gasteiger partial charge >= 0.3 is 5.97 Å². The average molecular weight is 482 g/mol. The number of ether oxygens (including phenoxy) is 2. The normalized spacial score (nSPS) is 18.8. The van der Waals surface area contributed by atoms with Gasteiger partial charge in [-0.05, 0) is 66.8 Å². The molecule has 1 N–H and O–H groups in total. The molecular formula is C32H35NO3. The lowest BCUT2D eigenvalue weighted by molar-refractivity contribution is -0.135. The number of carbonyl (C=O) groups excluding carboxylic acids is 1. The Kier molecular flexibility index (Phi) is 8.07. The van der Waals surface area contributed by atoms with Gasteiger partial charge in [0.1, 0.15) is 11.9 Å². The van der Waals surface area contributed by atoms with Crippen molar-refractivity contribution < 1.29 is 14.3 Å². The first-order chi connectivity index (χ1) is 17.4. The molecule has 1 aliphatic heterocycles. The molecule has 0 saturated carbocycles. The van der Waals surface area contributed by atoms with E-state index >= 15 is 0 Å². The molecule has 0 unspecified atom stereocenters. The van der Waals surface area contributed by atoms with E-state index in [0.717, 1.165) is 28.9 Å². The van der Waals surface area contributed by atoms with Crippen LogP contribution in [0.2, 0.25) is 0 Å². The van der Waals surface area contributed by atoms with Gasteiger partial charge in [-0.3, -0.25) is 0 Å². The van der Waals surface area contributed by atoms with Gasteiger partial charge in [-0.15, -0.1) is 0 Å². The van der Waals surface area contributed by atoms with Crippen molar-refractivity contribution in [2.24, 2.45) is 0 Å². The minimum absolute atomic E-state index is 0.0307. The van der Waals surface area contributed by atoms with E-state index in [2.05, 4.69) is 67.4 Å². The van der Waals surface area contributed by atoms with Crippen molar-refractivity contribution in [2.45, 2.75) is 45.3 Å². The van der Waals surface area contributed by atoms with Crippen molar-refractivity contribution in [3.8, 4) is 5.75 Å². The van der Waals surface area contributed by atoms with Crippen LogP contribution in [0.15, 0.2) is 102 Å². The Morgan fingerprint density at radius 2 is 1.86 bits per heavy atom. The summed E-state index contributed by atoms with van der Waals surface area (Å²) in [4.78, 5) is 12.4. The van der Waals surface area contributed by atoms with Crippen molar-refractivity contribution >= 4 is 16.7 Å². The monoisotopic (exact) mass is 481 g/mol. The Morgan fingerprint density at radius 1 is 1.14 bits per heavy atom. The number of benzene rings is 3. The number of para-hydroxylation sites is 1. The number of esters is 1. The fraction of sp³-hybridized carbons (Fsp3) is 0.281. The van der Waals surface area contributed by atoms with Crippen molar-refractivity contribution in [1.82, 2.24) is 5.32 Å². The molecule has 3 aromatic rings. The molecule has 0 spiro atoms. The van der Waals surface area contributed by atoms with E-state index in [9.17, 15) is 4.79 Å². The number of nitrogens with one attached hydrogen (secondary N) is 1. The second-order valence-electron chi connectivity index (χ2n) is 9.36. The fourth-order valence-electron chi connectivity index (χ4n) is 4.90. The lowest BCUT2D eigenvalue weighted by Crippen LogP contribution is -2.37. The van der Waals surface area contributed by atoms with Crippen LogP contribution in [-0.2, 0) is 9.53 Å². The largest absolute Gasteiger partial charge is 0.489 e. The minimum atomic E-state index is -0.353. The summed E-state index contributed by atoms with van der Waals surface area (Å²) >= 11 is 0. The molecule has 4 heteroatoms. The molecule has 0 aromatic heterocycles. The molecule has 4 nitrogen and oxygen atoms in total. The Hall–Kier alpha value is -3.63. The molecule has 36 heavy (non-hydrogen) atoms. The van der Waals surface area contributed by atoms with Crippen molar-refractivity contribution in [2.75, 3.05) is 13.7 Å². The molecule has 0 fully saturated rings. The lowest BCUT2D eigenvalue weighted by atomic mass is 9.83. The van der Waals surface area contributed by atoms with E-state index in [-0.39, 0.29) is 24.0 Å². The van der Waals surface area contributed by atoms with E-state index in [1.54, 1.807) is 0 Å². The Morgan fingerprint density at radius 3 is 2.64 bits per heavy atom. The molecule has 4 rings (SSSR count). The highest BCUT2D eigenvalue weighted by Gasteiger charge is 2.30. The average Bonchev–Trinajstić information content (AvgIpc) is 2.92. The summed E-state index contributed by atoms with van der Waals surface area (Å²) in [5.74, 6) is 0.559. The molecule has 0 bridgehead atoms. The molecule has 1 aliphatic rings. The van der Waals surface area contributed by atoms with E-state index in [0.29, 0.717) is 12.1 Å². The highest BCUT2D eigenvalue weighted by Crippen LogP contribution is 2.41. The number of hydrogen-bond acceptors (Lipinski definition) is 4. The van der Waals surface area contributed by atoms with Crippen molar-refractivity contribution in [3.05, 3.63) is 113 Å². The van der Waals surface area contributed by atoms with E-state index in [1.807, 2.05) is 44.2 Å². The predicted octanol–water partition coefficient (Wildman–Crippen LogP) is 7.05. The summed E-state index contributed by atoms with van der Waals surface area (Å²) in [6, 6.07) is 23.2. The van der Waals surface area contributed by atoms with Crippen molar-refractivity contribution in [1.29, 1.82) is 0 Å². The Balaban J connectivity index is 1.55. The van der Waals surface area contributed by atoms with Gasteiger partial charge in [-0.2, -0.15) is 0 Å². The van der Waals surface area contributed by atoms with Crippen LogP contribution in [0, 0.1) is 0 Å². The molecular weight excluding hydrogens is 446 g/mol. The minimum Gasteiger partial charge on any atom is -0.489 e. The van der Waals surface area contributed by atoms with Crippen LogP contribution in [0.3, 0.4) is 0 Å². The number of rotatable bonds is 8. The summed E-state index contributed by atoms with van der Waals surface area (Å²) < 4.78 is 11.4. The van der Waals surface area contributed by atoms with E-state index in [4.69, 9.17) is 9.47 Å². The van der Waals surface area contributed by atoms with Gasteiger partial charge in [0, 0.05) is 24.1 Å². The predicted molar refractivity (Wildman–Crippen MR) is 147 cm³/mol. The smallest absolute Gasteiger partial charge is 0.338 e. The molecule has 186 valence electrons. The lowest BCUT2D eigenvalue weighted by Gasteiger charge is -2.34. The highest BCUT2D eigenvalue weighted by molar-refractivity contribution is 5.93. The van der Waals surface area contributed by atoms with Crippen LogP contribution >= 0.6 is 0 Å². The molecule has 0 amide bonds. The van der Waals surface area contributed by atoms with E-state index in [1.165, 1.54) is 23.4 Å².